The van der Waals surface area contributed by atoms with Gasteiger partial charge in [-0.05, 0) is 36.4 Å². The van der Waals surface area contributed by atoms with Gasteiger partial charge in [-0.25, -0.2) is 0 Å². The van der Waals surface area contributed by atoms with Crippen molar-refractivity contribution in [2.45, 2.75) is 18.9 Å². The van der Waals surface area contributed by atoms with E-state index in [4.69, 9.17) is 4.18 Å². The van der Waals surface area contributed by atoms with E-state index in [0.717, 1.165) is 0 Å². The minimum Gasteiger partial charge on any atom is -0.312 e. The summed E-state index contributed by atoms with van der Waals surface area (Å²) in [5.74, 6) is 2.57. The minimum absolute atomic E-state index is 0.543. The molecule has 3 heteroatoms. The van der Waals surface area contributed by atoms with Crippen molar-refractivity contribution in [2.75, 3.05) is 17.8 Å². The van der Waals surface area contributed by atoms with Crippen LogP contribution < -0.4 is 0 Å². The molecule has 0 unspecified atom stereocenters. The molecule has 1 heterocycles. The molecule has 1 fully saturated rings. The summed E-state index contributed by atoms with van der Waals surface area (Å²) in [5.41, 5.74) is 0. The molecule has 0 radical (unpaired) electrons. The predicted molar refractivity (Wildman–Crippen MR) is 44.9 cm³/mol. The Balaban J connectivity index is 2.08. The molecule has 0 atom stereocenters. The largest absolute Gasteiger partial charge is 0.312 e. The molecule has 0 amide bonds. The van der Waals surface area contributed by atoms with Crippen LogP contribution in [0.4, 0.5) is 0 Å². The lowest BCUT2D eigenvalue weighted by molar-refractivity contribution is 0.231. The first-order valence-electron chi connectivity index (χ1n) is 3.20. The van der Waals surface area contributed by atoms with Crippen molar-refractivity contribution < 1.29 is 4.18 Å². The molecule has 0 aromatic rings. The number of rotatable bonds is 2. The Bertz CT molecular complexity index is 68.7. The zero-order valence-corrected chi connectivity index (χ0v) is 7.26. The summed E-state index contributed by atoms with van der Waals surface area (Å²) in [5, 5.41) is 0. The lowest BCUT2D eigenvalue weighted by Gasteiger charge is -2.19. The summed E-state index contributed by atoms with van der Waals surface area (Å²) in [6.07, 6.45) is 5.01. The zero-order chi connectivity index (χ0) is 6.53. The van der Waals surface area contributed by atoms with Gasteiger partial charge in [-0.15, -0.1) is 0 Å². The van der Waals surface area contributed by atoms with Gasteiger partial charge >= 0.3 is 0 Å². The molecule has 0 aliphatic carbocycles. The van der Waals surface area contributed by atoms with Crippen LogP contribution in [0.5, 0.6) is 0 Å². The Morgan fingerprint density at radius 3 is 2.67 bits per heavy atom. The van der Waals surface area contributed by atoms with Crippen LogP contribution in [-0.4, -0.2) is 23.9 Å². The van der Waals surface area contributed by atoms with E-state index in [-0.39, 0.29) is 0 Å². The summed E-state index contributed by atoms with van der Waals surface area (Å²) < 4.78 is 5.39. The fourth-order valence-electron chi connectivity index (χ4n) is 0.908. The van der Waals surface area contributed by atoms with E-state index in [1.54, 1.807) is 0 Å². The Hall–Kier alpha value is 0.660. The first kappa shape index (κ1) is 7.76. The maximum Gasteiger partial charge on any atom is 0.0737 e. The lowest BCUT2D eigenvalue weighted by Crippen LogP contribution is -2.15. The fourth-order valence-corrected chi connectivity index (χ4v) is 2.44. The molecular weight excluding hydrogens is 152 g/mol. The molecule has 0 aromatic carbocycles. The average Bonchev–Trinajstić information content (AvgIpc) is 1.91. The van der Waals surface area contributed by atoms with E-state index < -0.39 is 0 Å². The van der Waals surface area contributed by atoms with Crippen molar-refractivity contribution in [2.24, 2.45) is 0 Å². The first-order chi connectivity index (χ1) is 4.43. The summed E-state index contributed by atoms with van der Waals surface area (Å²) in [7, 11) is 0. The molecule has 9 heavy (non-hydrogen) atoms. The van der Waals surface area contributed by atoms with Gasteiger partial charge in [0.1, 0.15) is 0 Å². The third kappa shape index (κ3) is 2.83. The smallest absolute Gasteiger partial charge is 0.0737 e. The maximum atomic E-state index is 5.39. The van der Waals surface area contributed by atoms with Gasteiger partial charge in [0.2, 0.25) is 0 Å². The third-order valence-corrected chi connectivity index (χ3v) is 2.91. The van der Waals surface area contributed by atoms with Gasteiger partial charge in [0, 0.05) is 6.26 Å². The van der Waals surface area contributed by atoms with Crippen molar-refractivity contribution in [3.8, 4) is 0 Å². The Morgan fingerprint density at radius 2 is 2.11 bits per heavy atom. The lowest BCUT2D eigenvalue weighted by atomic mass is 10.2. The second-order valence-electron chi connectivity index (χ2n) is 2.07. The van der Waals surface area contributed by atoms with Crippen LogP contribution in [-0.2, 0) is 4.18 Å². The molecule has 0 saturated carbocycles. The standard InChI is InChI=1S/C6H12OS2/c1-8-7-6-2-4-9-5-3-6/h6H,2-5H2,1H3. The van der Waals surface area contributed by atoms with Crippen molar-refractivity contribution in [3.05, 3.63) is 0 Å². The van der Waals surface area contributed by atoms with E-state index in [1.165, 1.54) is 36.4 Å². The fraction of sp³-hybridized carbons (Fsp3) is 1.00. The number of thioether (sulfide) groups is 1. The Morgan fingerprint density at radius 1 is 1.44 bits per heavy atom. The second kappa shape index (κ2) is 4.47. The van der Waals surface area contributed by atoms with Crippen LogP contribution in [0, 0.1) is 0 Å². The van der Waals surface area contributed by atoms with Crippen molar-refractivity contribution in [3.63, 3.8) is 0 Å². The van der Waals surface area contributed by atoms with Crippen LogP contribution in [0.25, 0.3) is 0 Å². The van der Waals surface area contributed by atoms with Gasteiger partial charge < -0.3 is 4.18 Å². The van der Waals surface area contributed by atoms with Crippen LogP contribution in [0.1, 0.15) is 12.8 Å². The summed E-state index contributed by atoms with van der Waals surface area (Å²) >= 11 is 3.53. The molecular formula is C6H12OS2. The zero-order valence-electron chi connectivity index (χ0n) is 5.63. The first-order valence-corrected chi connectivity index (χ1v) is 5.51. The highest BCUT2D eigenvalue weighted by Gasteiger charge is 2.12. The molecule has 0 bridgehead atoms. The van der Waals surface area contributed by atoms with Gasteiger partial charge in [0.05, 0.1) is 6.10 Å². The summed E-state index contributed by atoms with van der Waals surface area (Å²) in [6.45, 7) is 0. The predicted octanol–water partition coefficient (Wildman–Crippen LogP) is 2.18. The number of hydrogen-bond donors (Lipinski definition) is 0. The van der Waals surface area contributed by atoms with E-state index in [0.29, 0.717) is 6.10 Å². The van der Waals surface area contributed by atoms with Gasteiger partial charge in [-0.3, -0.25) is 0 Å². The van der Waals surface area contributed by atoms with Gasteiger partial charge in [0.15, 0.2) is 0 Å². The van der Waals surface area contributed by atoms with Gasteiger partial charge in [0.25, 0.3) is 0 Å². The van der Waals surface area contributed by atoms with Gasteiger partial charge in [-0.2, -0.15) is 11.8 Å². The van der Waals surface area contributed by atoms with Crippen LogP contribution in [0.3, 0.4) is 0 Å². The topological polar surface area (TPSA) is 9.23 Å². The summed E-state index contributed by atoms with van der Waals surface area (Å²) in [6, 6.07) is 0. The molecule has 1 saturated heterocycles. The van der Waals surface area contributed by atoms with Gasteiger partial charge in [-0.1, -0.05) is 0 Å². The van der Waals surface area contributed by atoms with Crippen LogP contribution >= 0.6 is 23.8 Å². The Kier molecular flexibility index (Phi) is 3.86. The average molecular weight is 164 g/mol. The van der Waals surface area contributed by atoms with Crippen LogP contribution in [0.2, 0.25) is 0 Å². The van der Waals surface area contributed by atoms with Crippen molar-refractivity contribution in [1.29, 1.82) is 0 Å². The van der Waals surface area contributed by atoms with E-state index in [2.05, 4.69) is 0 Å². The van der Waals surface area contributed by atoms with Crippen LogP contribution in [0.15, 0.2) is 0 Å². The molecule has 54 valence electrons. The highest BCUT2D eigenvalue weighted by molar-refractivity contribution is 7.99. The minimum atomic E-state index is 0.543. The van der Waals surface area contributed by atoms with Crippen molar-refractivity contribution >= 4 is 23.8 Å². The molecule has 0 aromatic heterocycles. The molecule has 0 N–H and O–H groups in total. The molecule has 1 nitrogen and oxygen atoms in total. The monoisotopic (exact) mass is 164 g/mol. The Labute approximate surface area is 65.1 Å². The maximum absolute atomic E-state index is 5.39. The van der Waals surface area contributed by atoms with E-state index in [1.807, 2.05) is 18.0 Å². The molecule has 1 aliphatic heterocycles. The normalized spacial score (nSPS) is 22.3. The second-order valence-corrected chi connectivity index (χ2v) is 3.83. The van der Waals surface area contributed by atoms with E-state index >= 15 is 0 Å². The molecule has 1 rings (SSSR count). The summed E-state index contributed by atoms with van der Waals surface area (Å²) in [4.78, 5) is 0. The molecule has 0 spiro atoms. The van der Waals surface area contributed by atoms with Crippen molar-refractivity contribution in [1.82, 2.24) is 0 Å². The third-order valence-electron chi connectivity index (χ3n) is 1.40. The highest BCUT2D eigenvalue weighted by Crippen LogP contribution is 2.21. The quantitative estimate of drug-likeness (QED) is 0.579. The molecule has 1 aliphatic rings. The SMILES string of the molecule is CSOC1CCSCC1. The van der Waals surface area contributed by atoms with E-state index in [9.17, 15) is 0 Å². The highest BCUT2D eigenvalue weighted by atomic mass is 32.2. The number of hydrogen-bond acceptors (Lipinski definition) is 3.